The maximum absolute atomic E-state index is 11.9. The van der Waals surface area contributed by atoms with E-state index in [-0.39, 0.29) is 17.8 Å². The normalized spacial score (nSPS) is 13.0. The van der Waals surface area contributed by atoms with Crippen LogP contribution in [0.4, 0.5) is 11.4 Å². The van der Waals surface area contributed by atoms with Crippen molar-refractivity contribution >= 4 is 29.5 Å². The zero-order valence-electron chi connectivity index (χ0n) is 10.8. The van der Waals surface area contributed by atoms with Gasteiger partial charge in [-0.3, -0.25) is 19.7 Å². The first-order valence-electron chi connectivity index (χ1n) is 5.84. The largest absolute Gasteiger partial charge is 0.480 e. The molecule has 112 valence electrons. The Morgan fingerprint density at radius 2 is 1.95 bits per heavy atom. The summed E-state index contributed by atoms with van der Waals surface area (Å²) in [5.41, 5.74) is 5.44. The zero-order valence-corrected chi connectivity index (χ0v) is 10.8. The first-order valence-corrected chi connectivity index (χ1v) is 5.84. The summed E-state index contributed by atoms with van der Waals surface area (Å²) in [6.07, 6.45) is 0.0646. The summed E-state index contributed by atoms with van der Waals surface area (Å²) in [5, 5.41) is 21.7. The predicted octanol–water partition coefficient (Wildman–Crippen LogP) is 0.150. The van der Waals surface area contributed by atoms with Crippen LogP contribution in [-0.2, 0) is 14.4 Å². The van der Waals surface area contributed by atoms with E-state index in [1.807, 2.05) is 0 Å². The number of nitrogens with one attached hydrogen (secondary N) is 1. The van der Waals surface area contributed by atoms with Gasteiger partial charge in [-0.2, -0.15) is 0 Å². The maximum Gasteiger partial charge on any atom is 0.321 e. The molecule has 0 spiro atoms. The molecule has 21 heavy (non-hydrogen) atoms. The molecule has 0 heterocycles. The number of benzene rings is 1. The van der Waals surface area contributed by atoms with Crippen molar-refractivity contribution in [1.82, 2.24) is 0 Å². The topological polar surface area (TPSA) is 153 Å². The summed E-state index contributed by atoms with van der Waals surface area (Å²) in [6, 6.07) is 3.43. The summed E-state index contributed by atoms with van der Waals surface area (Å²) >= 11 is 0. The van der Waals surface area contributed by atoms with Crippen molar-refractivity contribution in [3.8, 4) is 0 Å². The number of aliphatic carboxylic acids is 1. The lowest BCUT2D eigenvalue weighted by Gasteiger charge is -2.17. The molecule has 1 aromatic rings. The summed E-state index contributed by atoms with van der Waals surface area (Å²) in [6.45, 7) is 0. The molecule has 0 aliphatic rings. The van der Waals surface area contributed by atoms with Gasteiger partial charge >= 0.3 is 5.97 Å². The van der Waals surface area contributed by atoms with Crippen molar-refractivity contribution in [2.45, 2.75) is 12.5 Å². The number of anilines is 1. The Labute approximate surface area is 118 Å². The van der Waals surface area contributed by atoms with Gasteiger partial charge in [0.2, 0.25) is 5.91 Å². The summed E-state index contributed by atoms with van der Waals surface area (Å²) in [7, 11) is 0. The average Bonchev–Trinajstić information content (AvgIpc) is 2.44. The number of non-ortho nitro benzene ring substituents is 1. The highest BCUT2D eigenvalue weighted by Crippen LogP contribution is 2.17. The van der Waals surface area contributed by atoms with E-state index in [0.29, 0.717) is 6.29 Å². The van der Waals surface area contributed by atoms with Crippen LogP contribution in [0.2, 0.25) is 0 Å². The fourth-order valence-electron chi connectivity index (χ4n) is 1.59. The second-order valence-electron chi connectivity index (χ2n) is 4.17. The quantitative estimate of drug-likeness (QED) is 0.367. The van der Waals surface area contributed by atoms with Crippen LogP contribution in [0.25, 0.3) is 0 Å². The van der Waals surface area contributed by atoms with E-state index >= 15 is 0 Å². The second kappa shape index (κ2) is 7.10. The molecule has 0 radical (unpaired) electrons. The molecule has 4 N–H and O–H groups in total. The number of nitrogens with zero attached hydrogens (tertiary/aromatic N) is 1. The van der Waals surface area contributed by atoms with Gasteiger partial charge in [-0.1, -0.05) is 0 Å². The average molecular weight is 295 g/mol. The Morgan fingerprint density at radius 1 is 1.38 bits per heavy atom. The minimum atomic E-state index is -1.52. The Kier molecular flexibility index (Phi) is 5.49. The monoisotopic (exact) mass is 295 g/mol. The Morgan fingerprint density at radius 3 is 2.38 bits per heavy atom. The smallest absolute Gasteiger partial charge is 0.321 e. The van der Waals surface area contributed by atoms with Crippen LogP contribution in [0, 0.1) is 16.0 Å². The molecule has 0 aliphatic carbocycles. The van der Waals surface area contributed by atoms with Crippen LogP contribution < -0.4 is 11.1 Å². The number of hydrogen-bond acceptors (Lipinski definition) is 6. The van der Waals surface area contributed by atoms with Crippen molar-refractivity contribution in [3.63, 3.8) is 0 Å². The zero-order chi connectivity index (χ0) is 16.0. The van der Waals surface area contributed by atoms with Crippen molar-refractivity contribution < 1.29 is 24.4 Å². The van der Waals surface area contributed by atoms with Gasteiger partial charge in [0, 0.05) is 24.2 Å². The summed E-state index contributed by atoms with van der Waals surface area (Å²) < 4.78 is 0. The molecular weight excluding hydrogens is 282 g/mol. The highest BCUT2D eigenvalue weighted by atomic mass is 16.6. The Hall–Kier alpha value is -2.81. The van der Waals surface area contributed by atoms with Crippen LogP contribution in [-0.4, -0.2) is 34.2 Å². The molecule has 0 fully saturated rings. The minimum absolute atomic E-state index is 0.153. The maximum atomic E-state index is 11.9. The van der Waals surface area contributed by atoms with Crippen molar-refractivity contribution in [1.29, 1.82) is 0 Å². The Bertz CT molecular complexity index is 557. The number of carbonyl (C=O) groups is 3. The van der Waals surface area contributed by atoms with E-state index in [2.05, 4.69) is 5.32 Å². The number of nitro benzene ring substituents is 1. The molecule has 1 rings (SSSR count). The van der Waals surface area contributed by atoms with Crippen molar-refractivity contribution in [3.05, 3.63) is 34.4 Å². The number of carboxylic acids is 1. The van der Waals surface area contributed by atoms with Gasteiger partial charge in [0.1, 0.15) is 12.3 Å². The number of rotatable bonds is 7. The molecular formula is C12H13N3O6. The number of amides is 1. The minimum Gasteiger partial charge on any atom is -0.480 e. The predicted molar refractivity (Wildman–Crippen MR) is 71.5 cm³/mol. The number of aldehydes is 1. The third kappa shape index (κ3) is 4.35. The van der Waals surface area contributed by atoms with Crippen LogP contribution >= 0.6 is 0 Å². The molecule has 9 nitrogen and oxygen atoms in total. The van der Waals surface area contributed by atoms with Gasteiger partial charge in [0.15, 0.2) is 0 Å². The fourth-order valence-corrected chi connectivity index (χ4v) is 1.59. The van der Waals surface area contributed by atoms with E-state index in [1.54, 1.807) is 0 Å². The van der Waals surface area contributed by atoms with Crippen molar-refractivity contribution in [2.24, 2.45) is 11.7 Å². The molecule has 2 atom stereocenters. The standard InChI is InChI=1S/C12H13N3O6/c13-10(12(18)19)9(5-6-16)11(17)14-7-1-3-8(4-2-7)15(20)21/h1-4,6,9-10H,5,13H2,(H,14,17)(H,18,19)/t9-,10+/m1/s1. The number of nitro groups is 1. The number of carboxylic acid groups (broad SMARTS) is 1. The van der Waals surface area contributed by atoms with E-state index in [0.717, 1.165) is 0 Å². The van der Waals surface area contributed by atoms with Crippen LogP contribution in [0.1, 0.15) is 6.42 Å². The number of carbonyl (C=O) groups excluding carboxylic acids is 2. The van der Waals surface area contributed by atoms with Crippen LogP contribution in [0.3, 0.4) is 0 Å². The molecule has 0 aliphatic heterocycles. The van der Waals surface area contributed by atoms with Crippen LogP contribution in [0.5, 0.6) is 0 Å². The van der Waals surface area contributed by atoms with E-state index < -0.39 is 28.8 Å². The fraction of sp³-hybridized carbons (Fsp3) is 0.250. The van der Waals surface area contributed by atoms with Gasteiger partial charge in [-0.15, -0.1) is 0 Å². The van der Waals surface area contributed by atoms with Gasteiger partial charge in [-0.05, 0) is 12.1 Å². The molecule has 0 unspecified atom stereocenters. The van der Waals surface area contributed by atoms with E-state index in [9.17, 15) is 24.5 Å². The highest BCUT2D eigenvalue weighted by Gasteiger charge is 2.30. The molecule has 0 saturated carbocycles. The van der Waals surface area contributed by atoms with Crippen LogP contribution in [0.15, 0.2) is 24.3 Å². The first-order chi connectivity index (χ1) is 9.86. The first kappa shape index (κ1) is 16.2. The molecule has 0 saturated heterocycles. The second-order valence-corrected chi connectivity index (χ2v) is 4.17. The van der Waals surface area contributed by atoms with Gasteiger partial charge in [-0.25, -0.2) is 0 Å². The lowest BCUT2D eigenvalue weighted by molar-refractivity contribution is -0.384. The molecule has 9 heteroatoms. The highest BCUT2D eigenvalue weighted by molar-refractivity contribution is 5.97. The molecule has 1 amide bonds. The summed E-state index contributed by atoms with van der Waals surface area (Å²) in [4.78, 5) is 43.1. The lowest BCUT2D eigenvalue weighted by atomic mass is 9.96. The van der Waals surface area contributed by atoms with Crippen molar-refractivity contribution in [2.75, 3.05) is 5.32 Å². The third-order valence-electron chi connectivity index (χ3n) is 2.75. The van der Waals surface area contributed by atoms with E-state index in [1.165, 1.54) is 24.3 Å². The number of nitrogens with two attached hydrogens (primary N) is 1. The summed E-state index contributed by atoms with van der Waals surface area (Å²) in [5.74, 6) is -3.37. The van der Waals surface area contributed by atoms with Gasteiger partial charge in [0.25, 0.3) is 5.69 Å². The molecule has 0 bridgehead atoms. The SMILES string of the molecule is N[C@H](C(=O)O)[C@@H](CC=O)C(=O)Nc1ccc([N+](=O)[O-])cc1. The molecule has 0 aromatic heterocycles. The van der Waals surface area contributed by atoms with Gasteiger partial charge < -0.3 is 21.0 Å². The van der Waals surface area contributed by atoms with E-state index in [4.69, 9.17) is 10.8 Å². The lowest BCUT2D eigenvalue weighted by Crippen LogP contribution is -2.44. The number of hydrogen-bond donors (Lipinski definition) is 3. The molecule has 1 aromatic carbocycles. The van der Waals surface area contributed by atoms with Gasteiger partial charge in [0.05, 0.1) is 10.8 Å². The Balaban J connectivity index is 2.83. The third-order valence-corrected chi connectivity index (χ3v) is 2.75.